The lowest BCUT2D eigenvalue weighted by Crippen LogP contribution is -2.29. The van der Waals surface area contributed by atoms with Crippen molar-refractivity contribution < 1.29 is 29.0 Å². The van der Waals surface area contributed by atoms with Crippen molar-refractivity contribution in [1.29, 1.82) is 0 Å². The minimum atomic E-state index is -0.963. The number of nitrogens with zero attached hydrogens (tertiary/aromatic N) is 2. The molecule has 1 aliphatic rings. The standard InChI is InChI=1S/C24H19BrN2O6S/c1-12-21(23(31)33-3)34-24(26-12)27-18(13-7-9-15(25)10-8-13)17(20(29)22(27)30)19(28)14-5-4-6-16(11-14)32-2/h4-11,18,28H,1-3H3/b19-17+. The van der Waals surface area contributed by atoms with Gasteiger partial charge in [-0.05, 0) is 36.8 Å². The van der Waals surface area contributed by atoms with Crippen LogP contribution in [0.1, 0.15) is 32.5 Å². The zero-order chi connectivity index (χ0) is 24.6. The summed E-state index contributed by atoms with van der Waals surface area (Å²) < 4.78 is 10.8. The number of aliphatic hydroxyl groups is 1. The van der Waals surface area contributed by atoms with E-state index in [2.05, 4.69) is 20.9 Å². The number of carbonyl (C=O) groups is 3. The number of aliphatic hydroxyl groups excluding tert-OH is 1. The summed E-state index contributed by atoms with van der Waals surface area (Å²) in [7, 11) is 2.74. The van der Waals surface area contributed by atoms with Gasteiger partial charge < -0.3 is 14.6 Å². The van der Waals surface area contributed by atoms with E-state index in [0.29, 0.717) is 22.6 Å². The van der Waals surface area contributed by atoms with Gasteiger partial charge in [-0.2, -0.15) is 0 Å². The Labute approximate surface area is 207 Å². The van der Waals surface area contributed by atoms with Crippen molar-refractivity contribution in [2.24, 2.45) is 0 Å². The van der Waals surface area contributed by atoms with Crippen LogP contribution in [0.2, 0.25) is 0 Å². The number of methoxy groups -OCH3 is 2. The molecule has 0 saturated carbocycles. The van der Waals surface area contributed by atoms with Crippen molar-refractivity contribution in [3.05, 3.63) is 80.3 Å². The molecule has 2 aromatic carbocycles. The molecule has 1 aliphatic heterocycles. The fourth-order valence-corrected chi connectivity index (χ4v) is 4.96. The second kappa shape index (κ2) is 9.40. The SMILES string of the molecule is COC(=O)c1sc(N2C(=O)C(=O)/C(=C(/O)c3cccc(OC)c3)C2c2ccc(Br)cc2)nc1C. The number of benzene rings is 2. The molecule has 1 fully saturated rings. The van der Waals surface area contributed by atoms with E-state index in [4.69, 9.17) is 9.47 Å². The minimum Gasteiger partial charge on any atom is -0.507 e. The topological polar surface area (TPSA) is 106 Å². The number of anilines is 1. The fourth-order valence-electron chi connectivity index (χ4n) is 3.68. The third-order valence-electron chi connectivity index (χ3n) is 5.34. The van der Waals surface area contributed by atoms with E-state index in [1.165, 1.54) is 19.1 Å². The Morgan fingerprint density at radius 2 is 1.85 bits per heavy atom. The van der Waals surface area contributed by atoms with Crippen LogP contribution in [0.3, 0.4) is 0 Å². The van der Waals surface area contributed by atoms with E-state index in [0.717, 1.165) is 15.8 Å². The van der Waals surface area contributed by atoms with E-state index < -0.39 is 23.7 Å². The molecule has 3 aromatic rings. The van der Waals surface area contributed by atoms with Crippen LogP contribution in [-0.2, 0) is 14.3 Å². The van der Waals surface area contributed by atoms with Gasteiger partial charge in [-0.3, -0.25) is 14.5 Å². The molecule has 174 valence electrons. The van der Waals surface area contributed by atoms with Crippen LogP contribution >= 0.6 is 27.3 Å². The predicted molar refractivity (Wildman–Crippen MR) is 130 cm³/mol. The molecular weight excluding hydrogens is 524 g/mol. The third kappa shape index (κ3) is 4.10. The molecule has 10 heteroatoms. The van der Waals surface area contributed by atoms with Gasteiger partial charge in [-0.25, -0.2) is 9.78 Å². The van der Waals surface area contributed by atoms with Crippen LogP contribution in [0, 0.1) is 6.92 Å². The van der Waals surface area contributed by atoms with Gasteiger partial charge in [0.15, 0.2) is 5.13 Å². The number of thiazole rings is 1. The molecule has 0 aliphatic carbocycles. The van der Waals surface area contributed by atoms with Gasteiger partial charge in [0.05, 0.1) is 31.5 Å². The summed E-state index contributed by atoms with van der Waals surface area (Å²) in [6, 6.07) is 12.6. The molecule has 4 rings (SSSR count). The van der Waals surface area contributed by atoms with Crippen molar-refractivity contribution in [2.75, 3.05) is 19.1 Å². The van der Waals surface area contributed by atoms with Crippen LogP contribution in [0.15, 0.2) is 58.6 Å². The summed E-state index contributed by atoms with van der Waals surface area (Å²) in [5, 5.41) is 11.3. The Bertz CT molecular complexity index is 1330. The molecule has 1 N–H and O–H groups in total. The highest BCUT2D eigenvalue weighted by atomic mass is 79.9. The largest absolute Gasteiger partial charge is 0.507 e. The third-order valence-corrected chi connectivity index (χ3v) is 7.00. The number of aromatic nitrogens is 1. The predicted octanol–water partition coefficient (Wildman–Crippen LogP) is 4.64. The van der Waals surface area contributed by atoms with Crippen LogP contribution in [0.25, 0.3) is 5.76 Å². The quantitative estimate of drug-likeness (QED) is 0.216. The highest BCUT2D eigenvalue weighted by Crippen LogP contribution is 2.44. The highest BCUT2D eigenvalue weighted by molar-refractivity contribution is 9.10. The van der Waals surface area contributed by atoms with Crippen LogP contribution < -0.4 is 9.64 Å². The molecular formula is C24H19BrN2O6S. The van der Waals surface area contributed by atoms with Gasteiger partial charge in [-0.15, -0.1) is 0 Å². The molecule has 34 heavy (non-hydrogen) atoms. The van der Waals surface area contributed by atoms with Gasteiger partial charge in [-0.1, -0.05) is 51.5 Å². The van der Waals surface area contributed by atoms with Crippen molar-refractivity contribution in [1.82, 2.24) is 4.98 Å². The number of hydrogen-bond acceptors (Lipinski definition) is 8. The Kier molecular flexibility index (Phi) is 6.54. The number of Topliss-reactive ketones (excluding diaryl/α,β-unsaturated/α-hetero) is 1. The van der Waals surface area contributed by atoms with Crippen molar-refractivity contribution in [2.45, 2.75) is 13.0 Å². The number of rotatable bonds is 5. The molecule has 1 unspecified atom stereocenters. The van der Waals surface area contributed by atoms with E-state index in [9.17, 15) is 19.5 Å². The maximum Gasteiger partial charge on any atom is 0.350 e. The lowest BCUT2D eigenvalue weighted by atomic mass is 9.95. The first-order valence-corrected chi connectivity index (χ1v) is 11.6. The second-order valence-electron chi connectivity index (χ2n) is 7.36. The van der Waals surface area contributed by atoms with Gasteiger partial charge in [0.2, 0.25) is 0 Å². The van der Waals surface area contributed by atoms with E-state index in [1.807, 2.05) is 0 Å². The van der Waals surface area contributed by atoms with E-state index in [1.54, 1.807) is 55.5 Å². The molecule has 0 bridgehead atoms. The summed E-state index contributed by atoms with van der Waals surface area (Å²) in [6.45, 7) is 1.62. The Morgan fingerprint density at radius 1 is 1.15 bits per heavy atom. The maximum absolute atomic E-state index is 13.2. The first kappa shape index (κ1) is 23.7. The number of ether oxygens (including phenoxy) is 2. The summed E-state index contributed by atoms with van der Waals surface area (Å²) >= 11 is 4.33. The number of carbonyl (C=O) groups excluding carboxylic acids is 3. The van der Waals surface area contributed by atoms with Gasteiger partial charge in [0.25, 0.3) is 5.78 Å². The van der Waals surface area contributed by atoms with E-state index >= 15 is 0 Å². The van der Waals surface area contributed by atoms with Gasteiger partial charge in [0.1, 0.15) is 16.4 Å². The van der Waals surface area contributed by atoms with Gasteiger partial charge >= 0.3 is 11.9 Å². The normalized spacial score (nSPS) is 17.2. The molecule has 0 spiro atoms. The molecule has 2 heterocycles. The van der Waals surface area contributed by atoms with Crippen LogP contribution in [-0.4, -0.2) is 42.0 Å². The zero-order valence-corrected chi connectivity index (χ0v) is 20.8. The monoisotopic (exact) mass is 542 g/mol. The first-order valence-electron chi connectivity index (χ1n) is 10.0. The lowest BCUT2D eigenvalue weighted by Gasteiger charge is -2.23. The van der Waals surface area contributed by atoms with Crippen molar-refractivity contribution in [3.63, 3.8) is 0 Å². The summed E-state index contributed by atoms with van der Waals surface area (Å²) in [6.07, 6.45) is 0. The van der Waals surface area contributed by atoms with Crippen LogP contribution in [0.4, 0.5) is 5.13 Å². The maximum atomic E-state index is 13.2. The molecule has 8 nitrogen and oxygen atoms in total. The number of hydrogen-bond donors (Lipinski definition) is 1. The second-order valence-corrected chi connectivity index (χ2v) is 9.25. The molecule has 1 saturated heterocycles. The fraction of sp³-hybridized carbons (Fsp3) is 0.167. The van der Waals surface area contributed by atoms with Crippen LogP contribution in [0.5, 0.6) is 5.75 Å². The highest BCUT2D eigenvalue weighted by Gasteiger charge is 2.48. The summed E-state index contributed by atoms with van der Waals surface area (Å²) in [5.74, 6) is -2.16. The Hall–Kier alpha value is -3.50. The number of ketones is 1. The lowest BCUT2D eigenvalue weighted by molar-refractivity contribution is -0.132. The molecule has 1 atom stereocenters. The molecule has 0 radical (unpaired) electrons. The average molecular weight is 543 g/mol. The minimum absolute atomic E-state index is 0.0898. The summed E-state index contributed by atoms with van der Waals surface area (Å²) in [5.41, 5.74) is 1.19. The van der Waals surface area contributed by atoms with Crippen molar-refractivity contribution >= 4 is 55.8 Å². The zero-order valence-electron chi connectivity index (χ0n) is 18.4. The number of amides is 1. The molecule has 1 amide bonds. The average Bonchev–Trinajstić information content (AvgIpc) is 3.35. The molecule has 1 aromatic heterocycles. The van der Waals surface area contributed by atoms with Crippen molar-refractivity contribution in [3.8, 4) is 5.75 Å². The number of aryl methyl sites for hydroxylation is 1. The Balaban J connectivity index is 1.93. The van der Waals surface area contributed by atoms with E-state index in [-0.39, 0.29) is 21.3 Å². The number of esters is 1. The van der Waals surface area contributed by atoms with Gasteiger partial charge in [0, 0.05) is 10.0 Å². The first-order chi connectivity index (χ1) is 16.3. The Morgan fingerprint density at radius 3 is 2.50 bits per heavy atom. The number of halogens is 1. The smallest absolute Gasteiger partial charge is 0.350 e. The summed E-state index contributed by atoms with van der Waals surface area (Å²) in [4.78, 5) is 44.4.